The number of nitrogens with one attached hydrogen (secondary N) is 1. The van der Waals surface area contributed by atoms with Crippen LogP contribution < -0.4 is 5.32 Å². The van der Waals surface area contributed by atoms with Crippen molar-refractivity contribution in [2.45, 2.75) is 12.6 Å². The number of hydrogen-bond donors (Lipinski definition) is 1. The average molecular weight is 216 g/mol. The summed E-state index contributed by atoms with van der Waals surface area (Å²) in [4.78, 5) is 4.02. The number of rotatable bonds is 3. The van der Waals surface area contributed by atoms with Gasteiger partial charge in [0.15, 0.2) is 9.84 Å². The first-order valence-corrected chi connectivity index (χ1v) is 6.16. The minimum Gasteiger partial charge on any atom is -0.305 e. The summed E-state index contributed by atoms with van der Waals surface area (Å²) in [6.45, 7) is 0.566. The van der Waals surface area contributed by atoms with E-state index in [-0.39, 0.29) is 17.5 Å². The highest BCUT2D eigenvalue weighted by Gasteiger charge is 2.32. The van der Waals surface area contributed by atoms with Crippen molar-refractivity contribution in [1.82, 2.24) is 20.1 Å². The summed E-state index contributed by atoms with van der Waals surface area (Å²) in [5.74, 6) is 1.30. The lowest BCUT2D eigenvalue weighted by Gasteiger charge is -2.26. The number of nitrogens with zero attached hydrogens (tertiary/aromatic N) is 3. The molecular weight excluding hydrogens is 204 g/mol. The van der Waals surface area contributed by atoms with E-state index < -0.39 is 9.84 Å². The molecule has 1 fully saturated rings. The summed E-state index contributed by atoms with van der Waals surface area (Å²) in [5.41, 5.74) is 0. The lowest BCUT2D eigenvalue weighted by molar-refractivity contribution is 0.498. The van der Waals surface area contributed by atoms with Crippen molar-refractivity contribution in [2.24, 2.45) is 7.05 Å². The largest absolute Gasteiger partial charge is 0.305 e. The van der Waals surface area contributed by atoms with Crippen LogP contribution in [-0.4, -0.2) is 40.7 Å². The quantitative estimate of drug-likeness (QED) is 0.679. The van der Waals surface area contributed by atoms with E-state index in [1.165, 1.54) is 6.33 Å². The second-order valence-corrected chi connectivity index (χ2v) is 5.61. The Hall–Kier alpha value is -0.950. The number of hydrogen-bond acceptors (Lipinski definition) is 5. The van der Waals surface area contributed by atoms with Crippen LogP contribution in [0.3, 0.4) is 0 Å². The Bertz CT molecular complexity index is 413. The molecule has 1 N–H and O–H groups in total. The third-order valence-corrected chi connectivity index (χ3v) is 4.08. The predicted octanol–water partition coefficient (Wildman–Crippen LogP) is -1.30. The van der Waals surface area contributed by atoms with Crippen LogP contribution in [0.15, 0.2) is 6.33 Å². The molecule has 6 nitrogen and oxygen atoms in total. The number of aryl methyl sites for hydroxylation is 1. The Labute approximate surface area is 82.3 Å². The zero-order valence-electron chi connectivity index (χ0n) is 7.84. The van der Waals surface area contributed by atoms with Gasteiger partial charge in [-0.2, -0.15) is 5.10 Å². The molecule has 0 amide bonds. The summed E-state index contributed by atoms with van der Waals surface area (Å²) in [5, 5.41) is 7.03. The Morgan fingerprint density at radius 2 is 2.36 bits per heavy atom. The Morgan fingerprint density at radius 1 is 1.64 bits per heavy atom. The molecule has 1 saturated heterocycles. The van der Waals surface area contributed by atoms with Gasteiger partial charge >= 0.3 is 0 Å². The maximum atomic E-state index is 10.9. The highest BCUT2D eigenvalue weighted by Crippen LogP contribution is 2.10. The molecule has 0 bridgehead atoms. The number of aromatic nitrogens is 3. The van der Waals surface area contributed by atoms with E-state index in [2.05, 4.69) is 15.4 Å². The van der Waals surface area contributed by atoms with Crippen molar-refractivity contribution in [3.63, 3.8) is 0 Å². The maximum Gasteiger partial charge on any atom is 0.153 e. The molecule has 2 heterocycles. The highest BCUT2D eigenvalue weighted by molar-refractivity contribution is 7.92. The normalized spacial score (nSPS) is 20.6. The molecule has 0 aliphatic carbocycles. The van der Waals surface area contributed by atoms with Crippen LogP contribution in [0.4, 0.5) is 0 Å². The van der Waals surface area contributed by atoms with Crippen molar-refractivity contribution in [3.05, 3.63) is 12.2 Å². The number of sulfone groups is 1. The van der Waals surface area contributed by atoms with E-state index in [4.69, 9.17) is 0 Å². The molecule has 78 valence electrons. The smallest absolute Gasteiger partial charge is 0.153 e. The highest BCUT2D eigenvalue weighted by atomic mass is 32.2. The first kappa shape index (κ1) is 9.60. The van der Waals surface area contributed by atoms with Crippen LogP contribution in [0.1, 0.15) is 5.82 Å². The van der Waals surface area contributed by atoms with Gasteiger partial charge in [0.1, 0.15) is 12.2 Å². The third-order valence-electron chi connectivity index (χ3n) is 2.26. The summed E-state index contributed by atoms with van der Waals surface area (Å²) < 4.78 is 23.4. The molecule has 0 spiro atoms. The molecule has 0 unspecified atom stereocenters. The zero-order valence-corrected chi connectivity index (χ0v) is 8.66. The average Bonchev–Trinajstić information content (AvgIpc) is 2.44. The lowest BCUT2D eigenvalue weighted by Crippen LogP contribution is -2.50. The topological polar surface area (TPSA) is 76.9 Å². The Balaban J connectivity index is 1.82. The fourth-order valence-electron chi connectivity index (χ4n) is 1.40. The molecule has 0 saturated carbocycles. The molecular formula is C7H12N4O2S. The Morgan fingerprint density at radius 3 is 2.86 bits per heavy atom. The van der Waals surface area contributed by atoms with Crippen LogP contribution in [0.25, 0.3) is 0 Å². The van der Waals surface area contributed by atoms with Crippen LogP contribution in [0.2, 0.25) is 0 Å². The van der Waals surface area contributed by atoms with Gasteiger partial charge in [0.2, 0.25) is 0 Å². The van der Waals surface area contributed by atoms with Crippen molar-refractivity contribution in [1.29, 1.82) is 0 Å². The molecule has 14 heavy (non-hydrogen) atoms. The van der Waals surface area contributed by atoms with E-state index in [1.807, 2.05) is 7.05 Å². The monoisotopic (exact) mass is 216 g/mol. The molecule has 1 aromatic rings. The fourth-order valence-corrected chi connectivity index (χ4v) is 2.76. The fraction of sp³-hybridized carbons (Fsp3) is 0.714. The molecule has 7 heteroatoms. The predicted molar refractivity (Wildman–Crippen MR) is 50.3 cm³/mol. The standard InChI is InChI=1S/C7H12N4O2S/c1-11-7(9-5-10-11)2-8-6-3-14(12,13)4-6/h5-6,8H,2-4H2,1H3. The van der Waals surface area contributed by atoms with Gasteiger partial charge in [-0.25, -0.2) is 13.4 Å². The van der Waals surface area contributed by atoms with E-state index >= 15 is 0 Å². The van der Waals surface area contributed by atoms with E-state index in [0.717, 1.165) is 5.82 Å². The van der Waals surface area contributed by atoms with Crippen LogP contribution in [0, 0.1) is 0 Å². The molecule has 1 aliphatic heterocycles. The minimum absolute atomic E-state index is 0.0803. The SMILES string of the molecule is Cn1ncnc1CNC1CS(=O)(=O)C1. The second kappa shape index (κ2) is 3.32. The van der Waals surface area contributed by atoms with Crippen molar-refractivity contribution < 1.29 is 8.42 Å². The molecule has 2 rings (SSSR count). The van der Waals surface area contributed by atoms with Gasteiger partial charge in [0.25, 0.3) is 0 Å². The molecule has 1 aliphatic rings. The summed E-state index contributed by atoms with van der Waals surface area (Å²) in [7, 11) is -0.930. The minimum atomic E-state index is -2.74. The molecule has 0 aromatic carbocycles. The third kappa shape index (κ3) is 1.93. The van der Waals surface area contributed by atoms with Crippen LogP contribution in [0.5, 0.6) is 0 Å². The van der Waals surface area contributed by atoms with Crippen molar-refractivity contribution >= 4 is 9.84 Å². The first-order chi connectivity index (χ1) is 6.57. The molecule has 0 radical (unpaired) electrons. The maximum absolute atomic E-state index is 10.9. The van der Waals surface area contributed by atoms with Gasteiger partial charge in [-0.1, -0.05) is 0 Å². The van der Waals surface area contributed by atoms with Gasteiger partial charge in [-0.15, -0.1) is 0 Å². The van der Waals surface area contributed by atoms with E-state index in [1.54, 1.807) is 4.68 Å². The summed E-state index contributed by atoms with van der Waals surface area (Å²) >= 11 is 0. The van der Waals surface area contributed by atoms with E-state index in [9.17, 15) is 8.42 Å². The lowest BCUT2D eigenvalue weighted by atomic mass is 10.3. The summed E-state index contributed by atoms with van der Waals surface area (Å²) in [6, 6.07) is 0.0803. The molecule has 1 aromatic heterocycles. The molecule has 0 atom stereocenters. The van der Waals surface area contributed by atoms with Crippen molar-refractivity contribution in [3.8, 4) is 0 Å². The van der Waals surface area contributed by atoms with Gasteiger partial charge in [0.05, 0.1) is 18.1 Å². The van der Waals surface area contributed by atoms with Gasteiger partial charge in [-0.3, -0.25) is 4.68 Å². The summed E-state index contributed by atoms with van der Waals surface area (Å²) in [6.07, 6.45) is 1.48. The second-order valence-electron chi connectivity index (χ2n) is 3.45. The van der Waals surface area contributed by atoms with E-state index in [0.29, 0.717) is 6.54 Å². The Kier molecular flexibility index (Phi) is 2.28. The van der Waals surface area contributed by atoms with Crippen LogP contribution >= 0.6 is 0 Å². The van der Waals surface area contributed by atoms with Gasteiger partial charge in [0, 0.05) is 13.1 Å². The van der Waals surface area contributed by atoms with Gasteiger partial charge < -0.3 is 5.32 Å². The first-order valence-electron chi connectivity index (χ1n) is 4.33. The van der Waals surface area contributed by atoms with Gasteiger partial charge in [-0.05, 0) is 0 Å². The van der Waals surface area contributed by atoms with Crippen LogP contribution in [-0.2, 0) is 23.4 Å². The van der Waals surface area contributed by atoms with Crippen molar-refractivity contribution in [2.75, 3.05) is 11.5 Å². The zero-order chi connectivity index (χ0) is 10.2.